The highest BCUT2D eigenvalue weighted by Crippen LogP contribution is 2.53. The first-order valence-electron chi connectivity index (χ1n) is 15.9. The Kier molecular flexibility index (Phi) is 7.83. The lowest BCUT2D eigenvalue weighted by atomic mass is 9.60. The largest absolute Gasteiger partial charge is 0.502 e. The van der Waals surface area contributed by atoms with Gasteiger partial charge in [0.1, 0.15) is 0 Å². The Morgan fingerprint density at radius 2 is 1.57 bits per heavy atom. The molecule has 2 amide bonds. The third-order valence-electron chi connectivity index (χ3n) is 10.1. The normalized spacial score (nSPS) is 25.9. The number of hydrogen-bond donors (Lipinski definition) is 1. The molecule has 10 nitrogen and oxygen atoms in total. The summed E-state index contributed by atoms with van der Waals surface area (Å²) >= 11 is 0. The van der Waals surface area contributed by atoms with Crippen LogP contribution in [0.3, 0.4) is 0 Å². The van der Waals surface area contributed by atoms with Gasteiger partial charge in [-0.2, -0.15) is 0 Å². The maximum Gasteiger partial charge on any atom is 0.238 e. The van der Waals surface area contributed by atoms with Gasteiger partial charge in [-0.15, -0.1) is 0 Å². The number of amides is 2. The Hall–Kier alpha value is -4.96. The molecule has 0 aromatic heterocycles. The third-order valence-corrected chi connectivity index (χ3v) is 10.1. The summed E-state index contributed by atoms with van der Waals surface area (Å²) in [5.74, 6) is -2.87. The van der Waals surface area contributed by atoms with E-state index >= 15 is 0 Å². The number of carbonyl (C=O) groups is 4. The van der Waals surface area contributed by atoms with E-state index in [0.717, 1.165) is 24.4 Å². The Bertz CT molecular complexity index is 1790. The van der Waals surface area contributed by atoms with Gasteiger partial charge < -0.3 is 24.2 Å². The number of fused-ring (bicyclic) bond motifs is 3. The number of ether oxygens (including phenoxy) is 3. The van der Waals surface area contributed by atoms with Crippen molar-refractivity contribution in [3.63, 3.8) is 0 Å². The molecule has 0 unspecified atom stereocenters. The number of anilines is 2. The molecule has 0 saturated carbocycles. The highest BCUT2D eigenvalue weighted by Gasteiger charge is 2.56. The van der Waals surface area contributed by atoms with E-state index in [1.54, 1.807) is 25.1 Å². The molecule has 2 saturated heterocycles. The summed E-state index contributed by atoms with van der Waals surface area (Å²) in [5, 5.41) is 10.4. The number of imide groups is 1. The molecule has 0 bridgehead atoms. The van der Waals surface area contributed by atoms with E-state index in [2.05, 4.69) is 4.90 Å². The first kappa shape index (κ1) is 30.7. The number of aromatic hydroxyl groups is 1. The van der Waals surface area contributed by atoms with Crippen molar-refractivity contribution in [3.05, 3.63) is 82.5 Å². The fraction of sp³-hybridized carbons (Fsp3) is 0.351. The van der Waals surface area contributed by atoms with Crippen LogP contribution in [0, 0.1) is 23.7 Å². The maximum atomic E-state index is 14.2. The monoisotopic (exact) mass is 636 g/mol. The highest BCUT2D eigenvalue weighted by molar-refractivity contribution is 6.24. The van der Waals surface area contributed by atoms with Crippen molar-refractivity contribution < 1.29 is 38.5 Å². The number of carbonyl (C=O) groups excluding carboxylic acids is 4. The molecule has 0 radical (unpaired) electrons. The molecule has 3 aliphatic carbocycles. The first-order valence-corrected chi connectivity index (χ1v) is 15.9. The molecular weight excluding hydrogens is 600 g/mol. The summed E-state index contributed by atoms with van der Waals surface area (Å²) in [7, 11) is 2.88. The summed E-state index contributed by atoms with van der Waals surface area (Å²) in [6.45, 7) is 4.50. The van der Waals surface area contributed by atoms with Crippen molar-refractivity contribution in [2.75, 3.05) is 50.3 Å². The average Bonchev–Trinajstić information content (AvgIpc) is 3.35. The van der Waals surface area contributed by atoms with Gasteiger partial charge in [-0.25, -0.2) is 0 Å². The van der Waals surface area contributed by atoms with E-state index in [4.69, 9.17) is 14.2 Å². The number of phenols is 1. The quantitative estimate of drug-likeness (QED) is 0.279. The molecule has 2 aliphatic heterocycles. The van der Waals surface area contributed by atoms with Gasteiger partial charge in [0.2, 0.25) is 17.6 Å². The number of rotatable bonds is 6. The number of phenolic OH excluding ortho intramolecular Hbond substituents is 1. The topological polar surface area (TPSA) is 123 Å². The highest BCUT2D eigenvalue weighted by atomic mass is 16.5. The second-order valence-corrected chi connectivity index (χ2v) is 12.5. The van der Waals surface area contributed by atoms with Crippen LogP contribution in [0.2, 0.25) is 0 Å². The molecule has 2 aromatic rings. The van der Waals surface area contributed by atoms with E-state index in [1.165, 1.54) is 25.2 Å². The summed E-state index contributed by atoms with van der Waals surface area (Å²) < 4.78 is 16.1. The molecule has 2 heterocycles. The van der Waals surface area contributed by atoms with E-state index in [-0.39, 0.29) is 47.1 Å². The van der Waals surface area contributed by atoms with Crippen molar-refractivity contribution in [3.8, 4) is 17.2 Å². The van der Waals surface area contributed by atoms with Crippen LogP contribution >= 0.6 is 0 Å². The zero-order valence-electron chi connectivity index (χ0n) is 26.5. The molecule has 7 rings (SSSR count). The second kappa shape index (κ2) is 12.0. The van der Waals surface area contributed by atoms with Crippen LogP contribution in [-0.2, 0) is 23.9 Å². The fourth-order valence-corrected chi connectivity index (χ4v) is 7.74. The fourth-order valence-electron chi connectivity index (χ4n) is 7.74. The number of ketones is 2. The maximum absolute atomic E-state index is 14.2. The number of benzene rings is 2. The Morgan fingerprint density at radius 3 is 2.23 bits per heavy atom. The molecule has 5 aliphatic rings. The molecule has 10 heteroatoms. The van der Waals surface area contributed by atoms with Gasteiger partial charge in [0, 0.05) is 41.4 Å². The van der Waals surface area contributed by atoms with E-state index in [9.17, 15) is 24.3 Å². The van der Waals surface area contributed by atoms with E-state index < -0.39 is 23.7 Å². The van der Waals surface area contributed by atoms with E-state index in [0.29, 0.717) is 47.6 Å². The molecule has 2 aromatic carbocycles. The minimum Gasteiger partial charge on any atom is -0.502 e. The SMILES string of the molecule is COc1cc(C=C[C@H]2C3=CC[C@@H]4C(=O)N(c5ccc(N6CCOCC6)cc5)C(=O)[C@@H]4[C@@H]3CC3=C2C(=O)C(C)=CC3=O)cc(OC)c1O. The zero-order valence-corrected chi connectivity index (χ0v) is 26.5. The van der Waals surface area contributed by atoms with Gasteiger partial charge in [-0.05, 0) is 73.7 Å². The molecule has 1 N–H and O–H groups in total. The van der Waals surface area contributed by atoms with Crippen LogP contribution in [-0.4, -0.2) is 69.0 Å². The standard InChI is InChI=1S/C37H36N2O8/c1-20-16-29(40)28-19-27-24(25(32(28)34(20)41)9-4-21-17-30(45-2)35(42)31(18-21)46-3)10-11-26-33(27)37(44)39(36(26)43)23-7-5-22(6-8-23)38-12-14-47-15-13-38/h4-10,16-18,25-27,33,42H,11-15,19H2,1-3H3/t25-,26-,27+,33-/m0/s1. The first-order chi connectivity index (χ1) is 22.7. The van der Waals surface area contributed by atoms with Gasteiger partial charge in [0.05, 0.1) is 45.0 Å². The second-order valence-electron chi connectivity index (χ2n) is 12.5. The van der Waals surface area contributed by atoms with Gasteiger partial charge in [0.15, 0.2) is 23.1 Å². The number of morpholine rings is 1. The molecule has 0 spiro atoms. The number of Topliss-reactive ketones (excluding diaryl/α,β-unsaturated/α-hetero) is 1. The Morgan fingerprint density at radius 1 is 0.915 bits per heavy atom. The van der Waals surface area contributed by atoms with Crippen LogP contribution in [0.1, 0.15) is 25.3 Å². The van der Waals surface area contributed by atoms with Crippen molar-refractivity contribution >= 4 is 40.8 Å². The predicted octanol–water partition coefficient (Wildman–Crippen LogP) is 4.43. The van der Waals surface area contributed by atoms with Gasteiger partial charge in [-0.1, -0.05) is 23.8 Å². The van der Waals surface area contributed by atoms with Gasteiger partial charge in [0.25, 0.3) is 0 Å². The Balaban J connectivity index is 1.24. The minimum atomic E-state index is -0.657. The predicted molar refractivity (Wildman–Crippen MR) is 174 cm³/mol. The van der Waals surface area contributed by atoms with Crippen LogP contribution in [0.15, 0.2) is 76.9 Å². The molecular formula is C37H36N2O8. The zero-order chi connectivity index (χ0) is 33.0. The van der Waals surface area contributed by atoms with Crippen molar-refractivity contribution in [2.45, 2.75) is 19.8 Å². The van der Waals surface area contributed by atoms with Crippen LogP contribution in [0.5, 0.6) is 17.2 Å². The van der Waals surface area contributed by atoms with E-state index in [1.807, 2.05) is 36.4 Å². The van der Waals surface area contributed by atoms with Gasteiger partial charge >= 0.3 is 0 Å². The number of allylic oxidation sites excluding steroid dienone is 7. The number of nitrogens with zero attached hydrogens (tertiary/aromatic N) is 2. The molecule has 242 valence electrons. The van der Waals surface area contributed by atoms with Crippen LogP contribution in [0.25, 0.3) is 6.08 Å². The average molecular weight is 637 g/mol. The third kappa shape index (κ3) is 5.07. The molecule has 2 fully saturated rings. The van der Waals surface area contributed by atoms with Crippen molar-refractivity contribution in [2.24, 2.45) is 23.7 Å². The lowest BCUT2D eigenvalue weighted by Gasteiger charge is -2.41. The van der Waals surface area contributed by atoms with Crippen molar-refractivity contribution in [1.29, 1.82) is 0 Å². The Labute approximate surface area is 272 Å². The summed E-state index contributed by atoms with van der Waals surface area (Å²) in [6.07, 6.45) is 7.58. The van der Waals surface area contributed by atoms with Gasteiger partial charge in [-0.3, -0.25) is 24.1 Å². The lowest BCUT2D eigenvalue weighted by Crippen LogP contribution is -2.40. The van der Waals surface area contributed by atoms with Crippen molar-refractivity contribution in [1.82, 2.24) is 0 Å². The van der Waals surface area contributed by atoms with Crippen LogP contribution < -0.4 is 19.3 Å². The molecule has 47 heavy (non-hydrogen) atoms. The summed E-state index contributed by atoms with van der Waals surface area (Å²) in [6, 6.07) is 10.8. The summed E-state index contributed by atoms with van der Waals surface area (Å²) in [5.41, 5.74) is 4.22. The van der Waals surface area contributed by atoms with Crippen LogP contribution in [0.4, 0.5) is 11.4 Å². The smallest absolute Gasteiger partial charge is 0.238 e. The minimum absolute atomic E-state index is 0.130. The number of hydrogen-bond acceptors (Lipinski definition) is 9. The molecule has 4 atom stereocenters. The lowest BCUT2D eigenvalue weighted by molar-refractivity contribution is -0.123. The number of methoxy groups -OCH3 is 2. The summed E-state index contributed by atoms with van der Waals surface area (Å²) in [4.78, 5) is 58.6.